The van der Waals surface area contributed by atoms with Crippen molar-refractivity contribution in [3.8, 4) is 16.9 Å². The second-order valence-electron chi connectivity index (χ2n) is 9.18. The van der Waals surface area contributed by atoms with Gasteiger partial charge >= 0.3 is 6.03 Å². The molecule has 0 spiro atoms. The number of fused-ring (bicyclic) bond motifs is 4. The van der Waals surface area contributed by atoms with E-state index in [0.29, 0.717) is 42.3 Å². The molecule has 2 N–H and O–H groups in total. The quantitative estimate of drug-likeness (QED) is 0.597. The molecule has 180 valence electrons. The van der Waals surface area contributed by atoms with Gasteiger partial charge in [-0.05, 0) is 54.3 Å². The minimum atomic E-state index is -0.157. The van der Waals surface area contributed by atoms with Gasteiger partial charge in [0.1, 0.15) is 5.75 Å². The third kappa shape index (κ3) is 4.51. The highest BCUT2D eigenvalue weighted by atomic mass is 16.5. The third-order valence-corrected chi connectivity index (χ3v) is 6.76. The van der Waals surface area contributed by atoms with Gasteiger partial charge in [-0.2, -0.15) is 0 Å². The lowest BCUT2D eigenvalue weighted by Gasteiger charge is -2.42. The number of ether oxygens (including phenoxy) is 1. The molecule has 0 radical (unpaired) electrons. The fourth-order valence-corrected chi connectivity index (χ4v) is 5.21. The maximum absolute atomic E-state index is 13.4. The van der Waals surface area contributed by atoms with Gasteiger partial charge in [-0.25, -0.2) is 4.79 Å². The maximum Gasteiger partial charge on any atom is 0.321 e. The Hall–Kier alpha value is -4.07. The van der Waals surface area contributed by atoms with Crippen LogP contribution in [0.5, 0.6) is 5.75 Å². The van der Waals surface area contributed by atoms with E-state index in [2.05, 4.69) is 10.6 Å². The number of hydrogen-bond acceptors (Lipinski definition) is 4. The molecule has 2 aliphatic heterocycles. The predicted molar refractivity (Wildman–Crippen MR) is 135 cm³/mol. The number of nitrogens with one attached hydrogen (secondary N) is 2. The number of piperidine rings is 1. The Balaban J connectivity index is 1.36. The number of aromatic nitrogens is 1. The minimum absolute atomic E-state index is 0.0172. The van der Waals surface area contributed by atoms with Crippen molar-refractivity contribution in [1.29, 1.82) is 0 Å². The van der Waals surface area contributed by atoms with E-state index in [4.69, 9.17) is 4.74 Å². The number of nitrogens with zero attached hydrogens (tertiary/aromatic N) is 2. The van der Waals surface area contributed by atoms with E-state index < -0.39 is 0 Å². The molecule has 3 amide bonds. The van der Waals surface area contributed by atoms with Crippen LogP contribution < -0.4 is 20.9 Å². The average molecular weight is 473 g/mol. The van der Waals surface area contributed by atoms with Crippen molar-refractivity contribution < 1.29 is 14.3 Å². The highest BCUT2D eigenvalue weighted by molar-refractivity contribution is 5.91. The summed E-state index contributed by atoms with van der Waals surface area (Å²) in [6.45, 7) is 3.20. The van der Waals surface area contributed by atoms with Crippen LogP contribution in [0.3, 0.4) is 0 Å². The van der Waals surface area contributed by atoms with Gasteiger partial charge in [-0.15, -0.1) is 0 Å². The molecule has 3 aromatic rings. The molecule has 0 aliphatic carbocycles. The van der Waals surface area contributed by atoms with E-state index in [1.807, 2.05) is 58.0 Å². The lowest BCUT2D eigenvalue weighted by Crippen LogP contribution is -2.50. The van der Waals surface area contributed by atoms with Crippen molar-refractivity contribution in [2.24, 2.45) is 5.92 Å². The summed E-state index contributed by atoms with van der Waals surface area (Å²) in [6, 6.07) is 18.4. The van der Waals surface area contributed by atoms with Crippen molar-refractivity contribution in [1.82, 2.24) is 9.47 Å². The summed E-state index contributed by atoms with van der Waals surface area (Å²) in [6.07, 6.45) is 0.961. The number of anilines is 2. The monoisotopic (exact) mass is 472 g/mol. The summed E-state index contributed by atoms with van der Waals surface area (Å²) in [5, 5.41) is 5.71. The normalized spacial score (nSPS) is 18.4. The fourth-order valence-electron chi connectivity index (χ4n) is 5.21. The number of urea groups is 1. The molecule has 8 heteroatoms. The lowest BCUT2D eigenvalue weighted by atomic mass is 9.83. The van der Waals surface area contributed by atoms with Crippen LogP contribution in [0.4, 0.5) is 16.2 Å². The van der Waals surface area contributed by atoms with Crippen LogP contribution >= 0.6 is 0 Å². The summed E-state index contributed by atoms with van der Waals surface area (Å²) in [5.74, 6) is 0.797. The predicted octanol–water partition coefficient (Wildman–Crippen LogP) is 4.13. The van der Waals surface area contributed by atoms with Crippen LogP contribution in [0.2, 0.25) is 0 Å². The van der Waals surface area contributed by atoms with Crippen LogP contribution in [0.25, 0.3) is 11.1 Å². The molecule has 2 atom stereocenters. The number of benzene rings is 2. The first-order valence-corrected chi connectivity index (χ1v) is 11.7. The lowest BCUT2D eigenvalue weighted by molar-refractivity contribution is -0.114. The molecule has 35 heavy (non-hydrogen) atoms. The zero-order chi connectivity index (χ0) is 24.5. The summed E-state index contributed by atoms with van der Waals surface area (Å²) in [7, 11) is 1.58. The second kappa shape index (κ2) is 9.29. The van der Waals surface area contributed by atoms with E-state index in [-0.39, 0.29) is 29.3 Å². The number of para-hydroxylation sites is 2. The van der Waals surface area contributed by atoms with Gasteiger partial charge in [0.15, 0.2) is 0 Å². The van der Waals surface area contributed by atoms with Gasteiger partial charge in [-0.1, -0.05) is 24.3 Å². The van der Waals surface area contributed by atoms with Crippen LogP contribution in [0, 0.1) is 5.92 Å². The fraction of sp³-hybridized carbons (Fsp3) is 0.296. The standard InChI is InChI=1S/C27H28N4O4/c1-17(32)28-21-9-7-19(8-10-21)22-11-12-24-20-13-18(15-31(24)26(22)33)14-30(16-20)27(34)29-23-5-3-4-6-25(23)35-2/h3-12,18,20H,13-16H2,1-2H3,(H,28,32)(H,29,34)/t18-,20-/m1/s1. The highest BCUT2D eigenvalue weighted by Crippen LogP contribution is 2.36. The molecule has 2 aromatic carbocycles. The number of carbonyl (C=O) groups is 2. The molecule has 3 heterocycles. The first-order chi connectivity index (χ1) is 16.9. The first kappa shape index (κ1) is 22.7. The number of carbonyl (C=O) groups excluding carboxylic acids is 2. The summed E-state index contributed by atoms with van der Waals surface area (Å²) < 4.78 is 7.23. The van der Waals surface area contributed by atoms with Crippen molar-refractivity contribution >= 4 is 23.3 Å². The van der Waals surface area contributed by atoms with E-state index in [1.165, 1.54) is 6.92 Å². The molecule has 2 aliphatic rings. The number of pyridine rings is 1. The largest absolute Gasteiger partial charge is 0.495 e. The minimum Gasteiger partial charge on any atom is -0.495 e. The number of hydrogen-bond donors (Lipinski definition) is 2. The molecule has 0 saturated carbocycles. The summed E-state index contributed by atoms with van der Waals surface area (Å²) in [5.41, 5.74) is 3.74. The van der Waals surface area contributed by atoms with Gasteiger partial charge in [0, 0.05) is 49.4 Å². The average Bonchev–Trinajstić information content (AvgIpc) is 2.85. The number of amides is 3. The Morgan fingerprint density at radius 2 is 1.71 bits per heavy atom. The van der Waals surface area contributed by atoms with Gasteiger partial charge in [0.2, 0.25) is 5.91 Å². The topological polar surface area (TPSA) is 92.7 Å². The van der Waals surface area contributed by atoms with E-state index in [0.717, 1.165) is 17.7 Å². The van der Waals surface area contributed by atoms with Crippen LogP contribution in [0.1, 0.15) is 25.0 Å². The van der Waals surface area contributed by atoms with Crippen LogP contribution in [-0.4, -0.2) is 41.6 Å². The highest BCUT2D eigenvalue weighted by Gasteiger charge is 2.37. The zero-order valence-electron chi connectivity index (χ0n) is 19.8. The molecule has 5 rings (SSSR count). The SMILES string of the molecule is COc1ccccc1NC(=O)N1C[C@H]2C[C@H](C1)c1ccc(-c3ccc(NC(C)=O)cc3)c(=O)n1C2. The van der Waals surface area contributed by atoms with Crippen molar-refractivity contribution in [3.63, 3.8) is 0 Å². The molecule has 1 aromatic heterocycles. The van der Waals surface area contributed by atoms with Crippen LogP contribution in [-0.2, 0) is 11.3 Å². The Kier molecular flexibility index (Phi) is 6.03. The Morgan fingerprint density at radius 1 is 0.943 bits per heavy atom. The molecule has 8 nitrogen and oxygen atoms in total. The van der Waals surface area contributed by atoms with E-state index in [1.54, 1.807) is 19.2 Å². The third-order valence-electron chi connectivity index (χ3n) is 6.76. The van der Waals surface area contributed by atoms with E-state index in [9.17, 15) is 14.4 Å². The zero-order valence-corrected chi connectivity index (χ0v) is 19.8. The number of rotatable bonds is 4. The van der Waals surface area contributed by atoms with Crippen molar-refractivity contribution in [3.05, 3.63) is 76.7 Å². The Morgan fingerprint density at radius 3 is 2.46 bits per heavy atom. The maximum atomic E-state index is 13.4. The van der Waals surface area contributed by atoms with Crippen molar-refractivity contribution in [2.75, 3.05) is 30.8 Å². The number of likely N-dealkylation sites (tertiary alicyclic amines) is 1. The first-order valence-electron chi connectivity index (χ1n) is 11.7. The van der Waals surface area contributed by atoms with Gasteiger partial charge in [0.25, 0.3) is 5.56 Å². The molecule has 0 unspecified atom stereocenters. The van der Waals surface area contributed by atoms with Gasteiger partial charge in [0.05, 0.1) is 12.8 Å². The molecular formula is C27H28N4O4. The van der Waals surface area contributed by atoms with Crippen molar-refractivity contribution in [2.45, 2.75) is 25.8 Å². The van der Waals surface area contributed by atoms with Crippen LogP contribution in [0.15, 0.2) is 65.5 Å². The Bertz CT molecular complexity index is 1330. The van der Waals surface area contributed by atoms with Gasteiger partial charge in [-0.3, -0.25) is 9.59 Å². The number of methoxy groups -OCH3 is 1. The second-order valence-corrected chi connectivity index (χ2v) is 9.18. The molecular weight excluding hydrogens is 444 g/mol. The molecule has 1 saturated heterocycles. The van der Waals surface area contributed by atoms with E-state index >= 15 is 0 Å². The molecule has 1 fully saturated rings. The van der Waals surface area contributed by atoms with Gasteiger partial charge < -0.3 is 24.8 Å². The Labute approximate surface area is 203 Å². The smallest absolute Gasteiger partial charge is 0.321 e. The molecule has 2 bridgehead atoms. The summed E-state index contributed by atoms with van der Waals surface area (Å²) >= 11 is 0. The summed E-state index contributed by atoms with van der Waals surface area (Å²) in [4.78, 5) is 39.6.